The summed E-state index contributed by atoms with van der Waals surface area (Å²) in [5.41, 5.74) is 6.54. The highest BCUT2D eigenvalue weighted by atomic mass is 16.5. The number of hydrogen-bond donors (Lipinski definition) is 2. The van der Waals surface area contributed by atoms with E-state index >= 15 is 0 Å². The van der Waals surface area contributed by atoms with Crippen molar-refractivity contribution in [2.75, 3.05) is 7.11 Å². The van der Waals surface area contributed by atoms with Gasteiger partial charge in [0, 0.05) is 5.56 Å². The highest BCUT2D eigenvalue weighted by molar-refractivity contribution is 5.75. The van der Waals surface area contributed by atoms with Crippen LogP contribution in [-0.4, -0.2) is 17.3 Å². The predicted octanol–water partition coefficient (Wildman–Crippen LogP) is 7.78. The molecule has 0 spiro atoms. The molecule has 0 radical (unpaired) electrons. The van der Waals surface area contributed by atoms with E-state index in [2.05, 4.69) is 18.7 Å². The highest BCUT2D eigenvalue weighted by Gasteiger charge is 2.38. The van der Waals surface area contributed by atoms with Gasteiger partial charge in [0.05, 0.1) is 26.1 Å². The summed E-state index contributed by atoms with van der Waals surface area (Å²) in [4.78, 5) is 0. The number of fused-ring (bicyclic) bond motifs is 3. The number of aliphatic hydroxyl groups excluding tert-OH is 2. The van der Waals surface area contributed by atoms with Gasteiger partial charge in [-0.2, -0.15) is 0 Å². The van der Waals surface area contributed by atoms with Gasteiger partial charge >= 0.3 is 0 Å². The quantitative estimate of drug-likeness (QED) is 0.157. The van der Waals surface area contributed by atoms with Crippen molar-refractivity contribution in [1.82, 2.24) is 0 Å². The molecule has 0 bridgehead atoms. The van der Waals surface area contributed by atoms with Gasteiger partial charge in [-0.3, -0.25) is 0 Å². The normalized spacial score (nSPS) is 14.3. The van der Waals surface area contributed by atoms with Gasteiger partial charge in [-0.1, -0.05) is 85.5 Å². The van der Waals surface area contributed by atoms with Crippen molar-refractivity contribution >= 4 is 0 Å². The molecule has 1 heterocycles. The lowest BCUT2D eigenvalue weighted by Gasteiger charge is -2.37. The van der Waals surface area contributed by atoms with Crippen molar-refractivity contribution in [2.24, 2.45) is 0 Å². The molecular weight excluding hydrogens is 512 g/mol. The number of rotatable bonds is 10. The van der Waals surface area contributed by atoms with Crippen LogP contribution in [0.15, 0.2) is 127 Å². The molecule has 0 saturated carbocycles. The minimum atomic E-state index is -1.04. The Balaban J connectivity index is 1.58. The van der Waals surface area contributed by atoms with Crippen LogP contribution in [0.25, 0.3) is 11.1 Å². The first-order valence-corrected chi connectivity index (χ1v) is 13.5. The topological polar surface area (TPSA) is 68.2 Å². The maximum atomic E-state index is 9.99. The second kappa shape index (κ2) is 12.3. The molecule has 1 aliphatic heterocycles. The van der Waals surface area contributed by atoms with Gasteiger partial charge in [0.1, 0.15) is 23.7 Å². The van der Waals surface area contributed by atoms with Crippen LogP contribution in [0.1, 0.15) is 34.7 Å². The molecule has 5 nitrogen and oxygen atoms in total. The smallest absolute Gasteiger partial charge is 0.144 e. The maximum absolute atomic E-state index is 9.99. The summed E-state index contributed by atoms with van der Waals surface area (Å²) in [6.07, 6.45) is 5.26. The van der Waals surface area contributed by atoms with Gasteiger partial charge in [0.15, 0.2) is 0 Å². The summed E-state index contributed by atoms with van der Waals surface area (Å²) in [5, 5.41) is 19.5. The van der Waals surface area contributed by atoms with Crippen LogP contribution in [-0.2, 0) is 30.2 Å². The van der Waals surface area contributed by atoms with Crippen LogP contribution in [0.4, 0.5) is 0 Å². The second-order valence-electron chi connectivity index (χ2n) is 9.97. The lowest BCUT2D eigenvalue weighted by Crippen LogP contribution is -2.33. The third-order valence-corrected chi connectivity index (χ3v) is 7.33. The number of aliphatic hydroxyl groups is 2. The first-order chi connectivity index (χ1) is 20.0. The highest BCUT2D eigenvalue weighted by Crippen LogP contribution is 2.44. The molecule has 4 aromatic carbocycles. The minimum absolute atomic E-state index is 0.00256. The number of hydrogen-bond acceptors (Lipinski definition) is 5. The van der Waals surface area contributed by atoms with Gasteiger partial charge < -0.3 is 24.4 Å². The first kappa shape index (κ1) is 28.0. The summed E-state index contributed by atoms with van der Waals surface area (Å²) in [6, 6.07) is 29.9. The van der Waals surface area contributed by atoms with Crippen molar-refractivity contribution in [3.05, 3.63) is 155 Å². The van der Waals surface area contributed by atoms with Gasteiger partial charge in [-0.15, -0.1) is 0 Å². The second-order valence-corrected chi connectivity index (χ2v) is 9.97. The molecule has 0 fully saturated rings. The third-order valence-electron chi connectivity index (χ3n) is 7.33. The Bertz CT molecular complexity index is 1580. The van der Waals surface area contributed by atoms with Gasteiger partial charge in [-0.25, -0.2) is 0 Å². The van der Waals surface area contributed by atoms with Crippen LogP contribution in [0, 0.1) is 0 Å². The van der Waals surface area contributed by atoms with Crippen molar-refractivity contribution in [2.45, 2.75) is 32.3 Å². The van der Waals surface area contributed by atoms with Crippen LogP contribution >= 0.6 is 0 Å². The monoisotopic (exact) mass is 546 g/mol. The zero-order valence-electron chi connectivity index (χ0n) is 23.3. The standard InChI is InChI=1S/C36H34O5/c1-4-29(13-10-25(2)38)36(30-8-6-5-7-9-30,31-14-16-32(39-3)17-15-31)41-23-27-12-19-34-33-18-11-26(22-37)20-28(33)24-40-35(34)21-27/h4-21,37-38H,1,22-24H2,2-3H3/b25-10+,29-13+. The largest absolute Gasteiger partial charge is 0.513 e. The van der Waals surface area contributed by atoms with E-state index in [1.165, 1.54) is 0 Å². The van der Waals surface area contributed by atoms with Gasteiger partial charge in [0.25, 0.3) is 0 Å². The van der Waals surface area contributed by atoms with Crippen LogP contribution in [0.5, 0.6) is 11.5 Å². The maximum Gasteiger partial charge on any atom is 0.144 e. The van der Waals surface area contributed by atoms with Crippen LogP contribution in [0.2, 0.25) is 0 Å². The number of methoxy groups -OCH3 is 1. The molecule has 0 aromatic heterocycles. The lowest BCUT2D eigenvalue weighted by atomic mass is 9.79. The lowest BCUT2D eigenvalue weighted by molar-refractivity contribution is -0.000373. The van der Waals surface area contributed by atoms with Crippen LogP contribution in [0.3, 0.4) is 0 Å². The zero-order valence-corrected chi connectivity index (χ0v) is 23.3. The summed E-state index contributed by atoms with van der Waals surface area (Å²) in [6.45, 7) is 6.47. The average molecular weight is 547 g/mol. The Labute approximate surface area is 241 Å². The Morgan fingerprint density at radius 2 is 1.61 bits per heavy atom. The van der Waals surface area contributed by atoms with Crippen molar-refractivity contribution in [3.8, 4) is 22.6 Å². The molecule has 1 unspecified atom stereocenters. The van der Waals surface area contributed by atoms with E-state index in [1.807, 2.05) is 84.9 Å². The molecule has 208 valence electrons. The summed E-state index contributed by atoms with van der Waals surface area (Å²) in [5.74, 6) is 1.71. The van der Waals surface area contributed by atoms with Crippen molar-refractivity contribution in [3.63, 3.8) is 0 Å². The molecule has 5 rings (SSSR count). The molecule has 4 aromatic rings. The predicted molar refractivity (Wildman–Crippen MR) is 162 cm³/mol. The fourth-order valence-electron chi connectivity index (χ4n) is 5.26. The Hall–Kier alpha value is -4.58. The molecule has 1 atom stereocenters. The molecular formula is C36H34O5. The fourth-order valence-corrected chi connectivity index (χ4v) is 5.26. The Morgan fingerprint density at radius 1 is 0.902 bits per heavy atom. The van der Waals surface area contributed by atoms with Gasteiger partial charge in [-0.05, 0) is 76.2 Å². The molecule has 0 amide bonds. The van der Waals surface area contributed by atoms with Crippen molar-refractivity contribution in [1.29, 1.82) is 0 Å². The summed E-state index contributed by atoms with van der Waals surface area (Å²) in [7, 11) is 1.64. The molecule has 1 aliphatic rings. The number of ether oxygens (including phenoxy) is 3. The average Bonchev–Trinajstić information content (AvgIpc) is 3.02. The van der Waals surface area contributed by atoms with E-state index in [9.17, 15) is 10.2 Å². The third kappa shape index (κ3) is 5.68. The van der Waals surface area contributed by atoms with E-state index < -0.39 is 5.60 Å². The SMILES string of the molecule is C=C/C(=C\C=C(/C)O)C(OCc1ccc2c(c1)OCc1cc(CO)ccc1-2)(c1ccccc1)c1ccc(OC)cc1. The van der Waals surface area contributed by atoms with Crippen LogP contribution < -0.4 is 9.47 Å². The minimum Gasteiger partial charge on any atom is -0.513 e. The zero-order chi connectivity index (χ0) is 28.8. The fraction of sp³-hybridized carbons (Fsp3) is 0.167. The molecule has 41 heavy (non-hydrogen) atoms. The van der Waals surface area contributed by atoms with E-state index in [1.54, 1.807) is 26.2 Å². The van der Waals surface area contributed by atoms with E-state index in [4.69, 9.17) is 14.2 Å². The molecule has 0 saturated heterocycles. The van der Waals surface area contributed by atoms with Crippen molar-refractivity contribution < 1.29 is 24.4 Å². The van der Waals surface area contributed by atoms with Gasteiger partial charge in [0.2, 0.25) is 0 Å². The van der Waals surface area contributed by atoms with E-state index in [0.717, 1.165) is 56.0 Å². The summed E-state index contributed by atoms with van der Waals surface area (Å²) < 4.78 is 18.5. The Morgan fingerprint density at radius 3 is 2.29 bits per heavy atom. The Kier molecular flexibility index (Phi) is 8.39. The number of allylic oxidation sites excluding steroid dienone is 3. The van der Waals surface area contributed by atoms with E-state index in [-0.39, 0.29) is 19.0 Å². The molecule has 5 heteroatoms. The molecule has 0 aliphatic carbocycles. The van der Waals surface area contributed by atoms with E-state index in [0.29, 0.717) is 6.61 Å². The number of benzene rings is 4. The summed E-state index contributed by atoms with van der Waals surface area (Å²) >= 11 is 0. The first-order valence-electron chi connectivity index (χ1n) is 13.5. The molecule has 2 N–H and O–H groups in total.